The molecule has 0 aliphatic heterocycles. The maximum absolute atomic E-state index is 11.8. The Labute approximate surface area is 98.5 Å². The topological polar surface area (TPSA) is 42.0 Å². The van der Waals surface area contributed by atoms with Gasteiger partial charge in [-0.25, -0.2) is 4.98 Å². The van der Waals surface area contributed by atoms with E-state index in [0.29, 0.717) is 5.56 Å². The van der Waals surface area contributed by atoms with Crippen molar-refractivity contribution in [3.8, 4) is 0 Å². The molecular weight excluding hydrogens is 220 g/mol. The van der Waals surface area contributed by atoms with E-state index in [1.54, 1.807) is 11.3 Å². The highest BCUT2D eigenvalue weighted by Gasteiger charge is 2.08. The lowest BCUT2D eigenvalue weighted by atomic mass is 10.2. The first-order chi connectivity index (χ1) is 7.56. The van der Waals surface area contributed by atoms with Gasteiger partial charge in [0.25, 0.3) is 5.91 Å². The number of benzene rings is 1. The monoisotopic (exact) mass is 234 g/mol. The Balaban J connectivity index is 2.35. The molecule has 1 aromatic carbocycles. The highest BCUT2D eigenvalue weighted by atomic mass is 32.1. The number of carbonyl (C=O) groups is 1. The predicted molar refractivity (Wildman–Crippen MR) is 67.0 cm³/mol. The summed E-state index contributed by atoms with van der Waals surface area (Å²) in [6, 6.07) is 5.77. The molecule has 0 unspecified atom stereocenters. The van der Waals surface area contributed by atoms with E-state index < -0.39 is 0 Å². The molecule has 0 saturated heterocycles. The molecule has 2 rings (SSSR count). The molecule has 0 bridgehead atoms. The summed E-state index contributed by atoms with van der Waals surface area (Å²) in [4.78, 5) is 16.1. The minimum Gasteiger partial charge on any atom is -0.350 e. The number of hydrogen-bond acceptors (Lipinski definition) is 3. The molecule has 0 aliphatic rings. The van der Waals surface area contributed by atoms with Crippen LogP contribution in [-0.2, 0) is 0 Å². The van der Waals surface area contributed by atoms with Crippen molar-refractivity contribution in [1.29, 1.82) is 0 Å². The van der Waals surface area contributed by atoms with Crippen LogP contribution in [0, 0.1) is 6.92 Å². The van der Waals surface area contributed by atoms with Crippen LogP contribution in [0.2, 0.25) is 0 Å². The molecule has 1 heterocycles. The zero-order chi connectivity index (χ0) is 11.7. The Kier molecular flexibility index (Phi) is 2.92. The van der Waals surface area contributed by atoms with Gasteiger partial charge in [-0.3, -0.25) is 4.79 Å². The van der Waals surface area contributed by atoms with Crippen molar-refractivity contribution in [3.63, 3.8) is 0 Å². The lowest BCUT2D eigenvalue weighted by molar-refractivity contribution is 0.0943. The molecule has 1 N–H and O–H groups in total. The Hall–Kier alpha value is -1.42. The molecule has 2 aromatic rings. The van der Waals surface area contributed by atoms with Crippen LogP contribution in [0.4, 0.5) is 0 Å². The van der Waals surface area contributed by atoms with Gasteiger partial charge in [-0.2, -0.15) is 0 Å². The van der Waals surface area contributed by atoms with Gasteiger partial charge in [0.2, 0.25) is 0 Å². The normalized spacial score (nSPS) is 11.0. The first-order valence-corrected chi connectivity index (χ1v) is 6.06. The van der Waals surface area contributed by atoms with Crippen molar-refractivity contribution in [2.75, 3.05) is 0 Å². The molecule has 0 atom stereocenters. The zero-order valence-corrected chi connectivity index (χ0v) is 10.4. The number of aryl methyl sites for hydroxylation is 1. The second-order valence-electron chi connectivity index (χ2n) is 4.04. The fourth-order valence-corrected chi connectivity index (χ4v) is 2.39. The van der Waals surface area contributed by atoms with Crippen molar-refractivity contribution in [2.24, 2.45) is 0 Å². The Morgan fingerprint density at radius 2 is 2.19 bits per heavy atom. The number of carbonyl (C=O) groups excluding carboxylic acids is 1. The second kappa shape index (κ2) is 4.22. The van der Waals surface area contributed by atoms with E-state index in [-0.39, 0.29) is 11.9 Å². The molecule has 4 heteroatoms. The number of amides is 1. The lowest BCUT2D eigenvalue weighted by Gasteiger charge is -2.07. The third-order valence-electron chi connectivity index (χ3n) is 2.18. The maximum Gasteiger partial charge on any atom is 0.251 e. The summed E-state index contributed by atoms with van der Waals surface area (Å²) in [7, 11) is 0. The van der Waals surface area contributed by atoms with Crippen LogP contribution >= 0.6 is 11.3 Å². The Bertz CT molecular complexity index is 531. The maximum atomic E-state index is 11.8. The summed E-state index contributed by atoms with van der Waals surface area (Å²) in [6.45, 7) is 5.87. The zero-order valence-electron chi connectivity index (χ0n) is 9.57. The largest absolute Gasteiger partial charge is 0.350 e. The van der Waals surface area contributed by atoms with Crippen LogP contribution in [0.1, 0.15) is 29.2 Å². The molecular formula is C12H14N2OS. The number of aromatic nitrogens is 1. The molecule has 0 radical (unpaired) electrons. The Morgan fingerprint density at radius 1 is 1.44 bits per heavy atom. The molecule has 1 aromatic heterocycles. The van der Waals surface area contributed by atoms with Gasteiger partial charge in [0.05, 0.1) is 15.2 Å². The van der Waals surface area contributed by atoms with Crippen LogP contribution in [0.15, 0.2) is 18.2 Å². The lowest BCUT2D eigenvalue weighted by Crippen LogP contribution is -2.29. The average molecular weight is 234 g/mol. The van der Waals surface area contributed by atoms with E-state index in [1.807, 2.05) is 39.0 Å². The van der Waals surface area contributed by atoms with E-state index in [4.69, 9.17) is 0 Å². The number of fused-ring (bicyclic) bond motifs is 1. The van der Waals surface area contributed by atoms with Crippen LogP contribution in [0.25, 0.3) is 10.2 Å². The van der Waals surface area contributed by atoms with Gasteiger partial charge in [-0.05, 0) is 39.0 Å². The fourth-order valence-electron chi connectivity index (χ4n) is 1.53. The first kappa shape index (κ1) is 11.1. The summed E-state index contributed by atoms with van der Waals surface area (Å²) in [5.74, 6) is -0.0250. The fraction of sp³-hybridized carbons (Fsp3) is 0.333. The van der Waals surface area contributed by atoms with Gasteiger partial charge in [0.15, 0.2) is 0 Å². The minimum absolute atomic E-state index is 0.0250. The number of rotatable bonds is 2. The van der Waals surface area contributed by atoms with Crippen LogP contribution < -0.4 is 5.32 Å². The average Bonchev–Trinajstić information content (AvgIpc) is 2.55. The third kappa shape index (κ3) is 2.22. The number of nitrogens with one attached hydrogen (secondary N) is 1. The van der Waals surface area contributed by atoms with Gasteiger partial charge < -0.3 is 5.32 Å². The van der Waals surface area contributed by atoms with Crippen LogP contribution in [0.5, 0.6) is 0 Å². The molecule has 3 nitrogen and oxygen atoms in total. The third-order valence-corrected chi connectivity index (χ3v) is 3.11. The second-order valence-corrected chi connectivity index (χ2v) is 5.28. The van der Waals surface area contributed by atoms with E-state index in [9.17, 15) is 4.79 Å². The van der Waals surface area contributed by atoms with Crippen molar-refractivity contribution in [1.82, 2.24) is 10.3 Å². The minimum atomic E-state index is -0.0250. The summed E-state index contributed by atoms with van der Waals surface area (Å²) in [6.07, 6.45) is 0. The highest BCUT2D eigenvalue weighted by Crippen LogP contribution is 2.22. The first-order valence-electron chi connectivity index (χ1n) is 5.24. The summed E-state index contributed by atoms with van der Waals surface area (Å²) < 4.78 is 1.06. The number of nitrogens with zero attached hydrogens (tertiary/aromatic N) is 1. The number of hydrogen-bond donors (Lipinski definition) is 1. The Morgan fingerprint density at radius 3 is 2.88 bits per heavy atom. The SMILES string of the molecule is Cc1nc2ccc(C(=O)NC(C)C)cc2s1. The predicted octanol–water partition coefficient (Wildman–Crippen LogP) is 2.74. The summed E-state index contributed by atoms with van der Waals surface area (Å²) in [5.41, 5.74) is 1.66. The van der Waals surface area contributed by atoms with Crippen LogP contribution in [-0.4, -0.2) is 16.9 Å². The van der Waals surface area contributed by atoms with E-state index in [2.05, 4.69) is 10.3 Å². The van der Waals surface area contributed by atoms with Gasteiger partial charge in [0.1, 0.15) is 0 Å². The van der Waals surface area contributed by atoms with E-state index in [1.165, 1.54) is 0 Å². The van der Waals surface area contributed by atoms with E-state index in [0.717, 1.165) is 15.2 Å². The molecule has 16 heavy (non-hydrogen) atoms. The number of thiazole rings is 1. The molecule has 0 fully saturated rings. The standard InChI is InChI=1S/C12H14N2OS/c1-7(2)13-12(15)9-4-5-10-11(6-9)16-8(3)14-10/h4-7H,1-3H3,(H,13,15). The van der Waals surface area contributed by atoms with Crippen molar-refractivity contribution in [3.05, 3.63) is 28.8 Å². The highest BCUT2D eigenvalue weighted by molar-refractivity contribution is 7.18. The van der Waals surface area contributed by atoms with Gasteiger partial charge in [0, 0.05) is 11.6 Å². The molecule has 84 valence electrons. The van der Waals surface area contributed by atoms with E-state index >= 15 is 0 Å². The van der Waals surface area contributed by atoms with Crippen LogP contribution in [0.3, 0.4) is 0 Å². The summed E-state index contributed by atoms with van der Waals surface area (Å²) >= 11 is 1.61. The van der Waals surface area contributed by atoms with Gasteiger partial charge in [-0.1, -0.05) is 0 Å². The van der Waals surface area contributed by atoms with Crippen molar-refractivity contribution < 1.29 is 4.79 Å². The summed E-state index contributed by atoms with van der Waals surface area (Å²) in [5, 5.41) is 3.90. The van der Waals surface area contributed by atoms with Crippen molar-refractivity contribution in [2.45, 2.75) is 26.8 Å². The quantitative estimate of drug-likeness (QED) is 0.868. The van der Waals surface area contributed by atoms with Gasteiger partial charge in [-0.15, -0.1) is 11.3 Å². The van der Waals surface area contributed by atoms with Crippen molar-refractivity contribution >= 4 is 27.5 Å². The smallest absolute Gasteiger partial charge is 0.251 e. The molecule has 0 aliphatic carbocycles. The molecule has 0 saturated carbocycles. The molecule has 1 amide bonds. The van der Waals surface area contributed by atoms with Gasteiger partial charge >= 0.3 is 0 Å². The molecule has 0 spiro atoms.